The highest BCUT2D eigenvalue weighted by molar-refractivity contribution is 5.95. The van der Waals surface area contributed by atoms with Crippen molar-refractivity contribution in [3.8, 4) is 0 Å². The molecule has 0 aromatic rings. The molecule has 0 heterocycles. The Morgan fingerprint density at radius 3 is 2.17 bits per heavy atom. The quantitative estimate of drug-likeness (QED) is 0.310. The summed E-state index contributed by atoms with van der Waals surface area (Å²) in [4.78, 5) is 22.6. The van der Waals surface area contributed by atoms with E-state index in [2.05, 4.69) is 18.2 Å². The number of carbonyl (C=O) groups is 2. The molecule has 0 radical (unpaired) electrons. The van der Waals surface area contributed by atoms with E-state index in [9.17, 15) is 9.59 Å². The van der Waals surface area contributed by atoms with Crippen molar-refractivity contribution in [3.63, 3.8) is 0 Å². The van der Waals surface area contributed by atoms with Crippen molar-refractivity contribution in [2.45, 2.75) is 51.6 Å². The van der Waals surface area contributed by atoms with Crippen LogP contribution in [0.2, 0.25) is 0 Å². The first-order chi connectivity index (χ1) is 11.4. The Kier molecular flexibility index (Phi) is 5.11. The number of rotatable bonds is 7. The van der Waals surface area contributed by atoms with Crippen LogP contribution in [-0.2, 0) is 23.8 Å². The van der Waals surface area contributed by atoms with Crippen molar-refractivity contribution in [3.05, 3.63) is 12.2 Å². The fourth-order valence-electron chi connectivity index (χ4n) is 5.05. The van der Waals surface area contributed by atoms with Crippen LogP contribution in [0.5, 0.6) is 0 Å². The third-order valence-electron chi connectivity index (χ3n) is 6.17. The molecule has 0 atom stereocenters. The zero-order chi connectivity index (χ0) is 17.3. The van der Waals surface area contributed by atoms with Gasteiger partial charge in [0.05, 0.1) is 18.8 Å². The van der Waals surface area contributed by atoms with E-state index in [1.807, 2.05) is 0 Å². The van der Waals surface area contributed by atoms with Crippen LogP contribution in [0.1, 0.15) is 46.0 Å². The van der Waals surface area contributed by atoms with Gasteiger partial charge >= 0.3 is 11.9 Å². The van der Waals surface area contributed by atoms with Crippen molar-refractivity contribution in [1.29, 1.82) is 0 Å². The molecular formula is C19H28O5. The van der Waals surface area contributed by atoms with E-state index in [0.29, 0.717) is 25.0 Å². The van der Waals surface area contributed by atoms with Crippen molar-refractivity contribution >= 4 is 11.9 Å². The summed E-state index contributed by atoms with van der Waals surface area (Å²) in [5.74, 6) is 1.78. The lowest BCUT2D eigenvalue weighted by atomic mass is 9.50. The molecule has 4 bridgehead atoms. The third kappa shape index (κ3) is 3.57. The molecule has 0 spiro atoms. The topological polar surface area (TPSA) is 61.8 Å². The summed E-state index contributed by atoms with van der Waals surface area (Å²) in [6, 6.07) is 0. The number of hydrogen-bond donors (Lipinski definition) is 0. The second-order valence-corrected chi connectivity index (χ2v) is 7.93. The maximum absolute atomic E-state index is 11.4. The first kappa shape index (κ1) is 17.6. The SMILES string of the molecule is C=C(C)C(=O)OC(=O)COCCOC1(C)C2CC3CC(C2)CC1C3. The van der Waals surface area contributed by atoms with E-state index in [1.165, 1.54) is 39.0 Å². The lowest BCUT2D eigenvalue weighted by Crippen LogP contribution is -2.57. The van der Waals surface area contributed by atoms with Crippen LogP contribution in [0.4, 0.5) is 0 Å². The Labute approximate surface area is 143 Å². The molecule has 4 fully saturated rings. The Morgan fingerprint density at radius 1 is 1.04 bits per heavy atom. The summed E-state index contributed by atoms with van der Waals surface area (Å²) in [5, 5.41) is 0. The Hall–Kier alpha value is -1.20. The van der Waals surface area contributed by atoms with Crippen LogP contribution in [0.25, 0.3) is 0 Å². The first-order valence-corrected chi connectivity index (χ1v) is 9.00. The van der Waals surface area contributed by atoms with Crippen LogP contribution >= 0.6 is 0 Å². The number of ether oxygens (including phenoxy) is 3. The van der Waals surface area contributed by atoms with Gasteiger partial charge in [-0.3, -0.25) is 0 Å². The zero-order valence-electron chi connectivity index (χ0n) is 14.7. The minimum Gasteiger partial charge on any atom is -0.388 e. The number of esters is 2. The second kappa shape index (κ2) is 6.96. The molecule has 0 aromatic carbocycles. The Balaban J connectivity index is 1.37. The molecule has 4 saturated carbocycles. The van der Waals surface area contributed by atoms with E-state index in [-0.39, 0.29) is 17.8 Å². The summed E-state index contributed by atoms with van der Waals surface area (Å²) >= 11 is 0. The van der Waals surface area contributed by atoms with Gasteiger partial charge in [0.15, 0.2) is 0 Å². The van der Waals surface area contributed by atoms with Gasteiger partial charge in [-0.15, -0.1) is 0 Å². The maximum Gasteiger partial charge on any atom is 0.340 e. The van der Waals surface area contributed by atoms with Crippen molar-refractivity contribution in [1.82, 2.24) is 0 Å². The van der Waals surface area contributed by atoms with Crippen LogP contribution in [-0.4, -0.2) is 37.4 Å². The van der Waals surface area contributed by atoms with Crippen LogP contribution in [0.3, 0.4) is 0 Å². The van der Waals surface area contributed by atoms with Crippen LogP contribution < -0.4 is 0 Å². The van der Waals surface area contributed by atoms with Gasteiger partial charge < -0.3 is 14.2 Å². The lowest BCUT2D eigenvalue weighted by Gasteiger charge is -2.59. The standard InChI is InChI=1S/C19H28O5/c1-12(2)18(21)24-17(20)11-22-4-5-23-19(3)15-7-13-6-14(9-15)10-16(19)8-13/h13-16H,1,4-11H2,2-3H3. The number of hydrogen-bond acceptors (Lipinski definition) is 5. The van der Waals surface area contributed by atoms with Gasteiger partial charge in [0.2, 0.25) is 0 Å². The molecule has 134 valence electrons. The molecule has 0 aromatic heterocycles. The summed E-state index contributed by atoms with van der Waals surface area (Å²) in [5.41, 5.74) is 0.161. The van der Waals surface area contributed by atoms with Gasteiger partial charge in [0.25, 0.3) is 0 Å². The van der Waals surface area contributed by atoms with E-state index in [0.717, 1.165) is 11.8 Å². The zero-order valence-corrected chi connectivity index (χ0v) is 14.7. The summed E-state index contributed by atoms with van der Waals surface area (Å²) < 4.78 is 16.1. The largest absolute Gasteiger partial charge is 0.388 e. The van der Waals surface area contributed by atoms with Crippen molar-refractivity contribution < 1.29 is 23.8 Å². The average Bonchev–Trinajstić information content (AvgIpc) is 2.51. The van der Waals surface area contributed by atoms with E-state index in [4.69, 9.17) is 9.47 Å². The molecule has 5 heteroatoms. The molecule has 24 heavy (non-hydrogen) atoms. The minimum absolute atomic E-state index is 0.0345. The molecule has 0 aliphatic heterocycles. The second-order valence-electron chi connectivity index (χ2n) is 7.93. The molecular weight excluding hydrogens is 308 g/mol. The van der Waals surface area contributed by atoms with Gasteiger partial charge in [-0.1, -0.05) is 6.58 Å². The van der Waals surface area contributed by atoms with E-state index >= 15 is 0 Å². The maximum atomic E-state index is 11.4. The normalized spacial score (nSPS) is 36.6. The first-order valence-electron chi connectivity index (χ1n) is 9.00. The third-order valence-corrected chi connectivity index (χ3v) is 6.17. The lowest BCUT2D eigenvalue weighted by molar-refractivity contribution is -0.199. The fourth-order valence-corrected chi connectivity index (χ4v) is 5.05. The Bertz CT molecular complexity index is 496. The highest BCUT2D eigenvalue weighted by Gasteiger charge is 2.55. The van der Waals surface area contributed by atoms with Gasteiger partial charge in [0, 0.05) is 5.57 Å². The van der Waals surface area contributed by atoms with Crippen molar-refractivity contribution in [2.75, 3.05) is 19.8 Å². The molecule has 0 saturated heterocycles. The number of carbonyl (C=O) groups excluding carboxylic acids is 2. The average molecular weight is 336 g/mol. The van der Waals surface area contributed by atoms with Crippen LogP contribution in [0, 0.1) is 23.7 Å². The van der Waals surface area contributed by atoms with Gasteiger partial charge in [0.1, 0.15) is 6.61 Å². The molecule has 4 aliphatic carbocycles. The predicted octanol–water partition coefficient (Wildman–Crippen LogP) is 2.88. The monoisotopic (exact) mass is 336 g/mol. The van der Waals surface area contributed by atoms with Crippen LogP contribution in [0.15, 0.2) is 12.2 Å². The van der Waals surface area contributed by atoms with Gasteiger partial charge in [-0.05, 0) is 69.6 Å². The molecule has 4 aliphatic rings. The summed E-state index contributed by atoms with van der Waals surface area (Å²) in [7, 11) is 0. The van der Waals surface area contributed by atoms with Gasteiger partial charge in [-0.2, -0.15) is 0 Å². The fraction of sp³-hybridized carbons (Fsp3) is 0.789. The van der Waals surface area contributed by atoms with E-state index in [1.54, 1.807) is 0 Å². The summed E-state index contributed by atoms with van der Waals surface area (Å²) in [6.45, 7) is 7.75. The smallest absolute Gasteiger partial charge is 0.340 e. The molecule has 0 unspecified atom stereocenters. The highest BCUT2D eigenvalue weighted by atomic mass is 16.6. The van der Waals surface area contributed by atoms with E-state index < -0.39 is 11.9 Å². The van der Waals surface area contributed by atoms with Crippen molar-refractivity contribution in [2.24, 2.45) is 23.7 Å². The minimum atomic E-state index is -0.707. The highest BCUT2D eigenvalue weighted by Crippen LogP contribution is 2.59. The molecule has 0 amide bonds. The molecule has 0 N–H and O–H groups in total. The Morgan fingerprint density at radius 2 is 1.62 bits per heavy atom. The molecule has 5 nitrogen and oxygen atoms in total. The molecule has 4 rings (SSSR count). The predicted molar refractivity (Wildman–Crippen MR) is 88.1 cm³/mol. The summed E-state index contributed by atoms with van der Waals surface area (Å²) in [6.07, 6.45) is 6.65. The van der Waals surface area contributed by atoms with Gasteiger partial charge in [-0.25, -0.2) is 9.59 Å².